The van der Waals surface area contributed by atoms with E-state index >= 15 is 0 Å². The Balaban J connectivity index is 1.81. The number of benzene rings is 2. The summed E-state index contributed by atoms with van der Waals surface area (Å²) >= 11 is 4.74. The quantitative estimate of drug-likeness (QED) is 0.626. The molecule has 146 valence electrons. The van der Waals surface area contributed by atoms with Crippen LogP contribution >= 0.6 is 27.7 Å². The number of hydrogen-bond donors (Lipinski definition) is 1. The molecule has 1 fully saturated rings. The fourth-order valence-corrected chi connectivity index (χ4v) is 4.02. The monoisotopic (exact) mass is 462 g/mol. The van der Waals surface area contributed by atoms with Gasteiger partial charge in [0.2, 0.25) is 0 Å². The van der Waals surface area contributed by atoms with Crippen molar-refractivity contribution in [2.24, 2.45) is 4.99 Å². The number of carbonyl (C=O) groups is 1. The molecule has 3 rings (SSSR count). The first-order chi connectivity index (χ1) is 13.5. The van der Waals surface area contributed by atoms with Gasteiger partial charge in [0, 0.05) is 0 Å². The van der Waals surface area contributed by atoms with Crippen LogP contribution in [0.25, 0.3) is 6.08 Å². The summed E-state index contributed by atoms with van der Waals surface area (Å²) in [5.74, 6) is 1.77. The molecule has 0 spiro atoms. The number of nitrogens with zero attached hydrogens (tertiary/aromatic N) is 1. The van der Waals surface area contributed by atoms with Crippen LogP contribution in [0.1, 0.15) is 12.5 Å². The molecule has 0 bridgehead atoms. The Morgan fingerprint density at radius 3 is 2.57 bits per heavy atom. The minimum Gasteiger partial charge on any atom is -0.494 e. The van der Waals surface area contributed by atoms with Crippen molar-refractivity contribution in [2.45, 2.75) is 6.92 Å². The fraction of sp³-hybridized carbons (Fsp3) is 0.200. The van der Waals surface area contributed by atoms with E-state index in [0.29, 0.717) is 28.2 Å². The molecule has 8 heteroatoms. The molecule has 1 aliphatic rings. The third-order valence-corrected chi connectivity index (χ3v) is 5.28. The van der Waals surface area contributed by atoms with Crippen molar-refractivity contribution in [3.8, 4) is 17.2 Å². The normalized spacial score (nSPS) is 16.4. The summed E-state index contributed by atoms with van der Waals surface area (Å²) in [6.07, 6.45) is 1.79. The zero-order valence-corrected chi connectivity index (χ0v) is 18.0. The molecule has 0 atom stereocenters. The molecule has 1 heterocycles. The van der Waals surface area contributed by atoms with Crippen LogP contribution in [0.5, 0.6) is 17.2 Å². The van der Waals surface area contributed by atoms with Gasteiger partial charge in [0.25, 0.3) is 5.91 Å². The molecular weight excluding hydrogens is 444 g/mol. The summed E-state index contributed by atoms with van der Waals surface area (Å²) in [5, 5.41) is 3.31. The van der Waals surface area contributed by atoms with Crippen LogP contribution in [0.15, 0.2) is 50.8 Å². The number of nitrogens with one attached hydrogen (secondary N) is 1. The van der Waals surface area contributed by atoms with Crippen LogP contribution in [0.2, 0.25) is 0 Å². The Morgan fingerprint density at radius 1 is 1.18 bits per heavy atom. The summed E-state index contributed by atoms with van der Waals surface area (Å²) < 4.78 is 16.8. The van der Waals surface area contributed by atoms with Crippen LogP contribution in [-0.2, 0) is 4.79 Å². The lowest BCUT2D eigenvalue weighted by Crippen LogP contribution is -2.19. The summed E-state index contributed by atoms with van der Waals surface area (Å²) in [6.45, 7) is 2.55. The predicted molar refractivity (Wildman–Crippen MR) is 116 cm³/mol. The topological polar surface area (TPSA) is 69.2 Å². The lowest BCUT2D eigenvalue weighted by atomic mass is 10.2. The SMILES string of the molecule is CCOc1ccc(N=C2NC(=O)C(=Cc3cc(Br)c(OC)c(OC)c3)S2)cc1. The molecule has 2 aromatic rings. The number of ether oxygens (including phenoxy) is 3. The van der Waals surface area contributed by atoms with Crippen LogP contribution < -0.4 is 19.5 Å². The van der Waals surface area contributed by atoms with Gasteiger partial charge in [-0.05, 0) is 82.7 Å². The summed E-state index contributed by atoms with van der Waals surface area (Å²) in [4.78, 5) is 17.3. The van der Waals surface area contributed by atoms with Gasteiger partial charge in [-0.2, -0.15) is 0 Å². The molecule has 1 amide bonds. The second kappa shape index (κ2) is 9.16. The highest BCUT2D eigenvalue weighted by molar-refractivity contribution is 9.10. The Labute approximate surface area is 176 Å². The molecule has 28 heavy (non-hydrogen) atoms. The molecule has 0 aromatic heterocycles. The third kappa shape index (κ3) is 4.69. The lowest BCUT2D eigenvalue weighted by Gasteiger charge is -2.10. The number of thioether (sulfide) groups is 1. The largest absolute Gasteiger partial charge is 0.494 e. The molecular formula is C20H19BrN2O4S. The van der Waals surface area contributed by atoms with E-state index in [1.165, 1.54) is 11.8 Å². The molecule has 0 aliphatic carbocycles. The Bertz CT molecular complexity index is 942. The van der Waals surface area contributed by atoms with Gasteiger partial charge >= 0.3 is 0 Å². The molecule has 1 N–H and O–H groups in total. The number of amides is 1. The molecule has 0 unspecified atom stereocenters. The van der Waals surface area contributed by atoms with Crippen LogP contribution in [-0.4, -0.2) is 31.9 Å². The standard InChI is InChI=1S/C20H19BrN2O4S/c1-4-27-14-7-5-13(6-8-14)22-20-23-19(24)17(28-20)11-12-9-15(21)18(26-3)16(10-12)25-2/h5-11H,4H2,1-3H3,(H,22,23,24). The average Bonchev–Trinajstić information content (AvgIpc) is 3.02. The second-order valence-corrected chi connectivity index (χ2v) is 7.53. The van der Waals surface area contributed by atoms with Gasteiger partial charge in [-0.15, -0.1) is 0 Å². The number of halogens is 1. The number of carbonyl (C=O) groups excluding carboxylic acids is 1. The smallest absolute Gasteiger partial charge is 0.264 e. The van der Waals surface area contributed by atoms with Crippen LogP contribution in [0, 0.1) is 0 Å². The van der Waals surface area contributed by atoms with E-state index in [4.69, 9.17) is 14.2 Å². The van der Waals surface area contributed by atoms with Crippen molar-refractivity contribution in [3.05, 3.63) is 51.3 Å². The molecule has 1 aliphatic heterocycles. The van der Waals surface area contributed by atoms with Gasteiger partial charge in [0.05, 0.1) is 35.9 Å². The first-order valence-corrected chi connectivity index (χ1v) is 10.1. The van der Waals surface area contributed by atoms with E-state index in [9.17, 15) is 4.79 Å². The highest BCUT2D eigenvalue weighted by atomic mass is 79.9. The van der Waals surface area contributed by atoms with E-state index in [2.05, 4.69) is 26.2 Å². The fourth-order valence-electron chi connectivity index (χ4n) is 2.55. The average molecular weight is 463 g/mol. The highest BCUT2D eigenvalue weighted by Gasteiger charge is 2.24. The van der Waals surface area contributed by atoms with E-state index in [1.807, 2.05) is 43.3 Å². The van der Waals surface area contributed by atoms with Gasteiger partial charge < -0.3 is 19.5 Å². The van der Waals surface area contributed by atoms with Gasteiger partial charge in [-0.1, -0.05) is 0 Å². The summed E-state index contributed by atoms with van der Waals surface area (Å²) in [6, 6.07) is 11.1. The van der Waals surface area contributed by atoms with Gasteiger partial charge in [0.1, 0.15) is 5.75 Å². The molecule has 0 saturated carbocycles. The van der Waals surface area contributed by atoms with Crippen molar-refractivity contribution >= 4 is 50.5 Å². The lowest BCUT2D eigenvalue weighted by molar-refractivity contribution is -0.115. The first-order valence-electron chi connectivity index (χ1n) is 8.48. The van der Waals surface area contributed by atoms with Gasteiger partial charge in [0.15, 0.2) is 16.7 Å². The van der Waals surface area contributed by atoms with Crippen molar-refractivity contribution in [1.82, 2.24) is 5.32 Å². The minimum absolute atomic E-state index is 0.194. The first kappa shape index (κ1) is 20.3. The Morgan fingerprint density at radius 2 is 1.93 bits per heavy atom. The zero-order chi connectivity index (χ0) is 20.1. The van der Waals surface area contributed by atoms with E-state index in [1.54, 1.807) is 20.3 Å². The summed E-state index contributed by atoms with van der Waals surface area (Å²) in [5.41, 5.74) is 1.55. The van der Waals surface area contributed by atoms with Crippen molar-refractivity contribution < 1.29 is 19.0 Å². The number of rotatable bonds is 6. The second-order valence-electron chi connectivity index (χ2n) is 5.65. The van der Waals surface area contributed by atoms with Crippen molar-refractivity contribution in [3.63, 3.8) is 0 Å². The number of amidine groups is 1. The molecule has 1 saturated heterocycles. The molecule has 0 radical (unpaired) electrons. The van der Waals surface area contributed by atoms with Crippen molar-refractivity contribution in [1.29, 1.82) is 0 Å². The predicted octanol–water partition coefficient (Wildman–Crippen LogP) is 4.76. The van der Waals surface area contributed by atoms with Crippen molar-refractivity contribution in [2.75, 3.05) is 20.8 Å². The summed E-state index contributed by atoms with van der Waals surface area (Å²) in [7, 11) is 3.14. The Kier molecular flexibility index (Phi) is 6.64. The Hall–Kier alpha value is -2.45. The maximum Gasteiger partial charge on any atom is 0.264 e. The molecule has 2 aromatic carbocycles. The maximum atomic E-state index is 12.3. The van der Waals surface area contributed by atoms with Crippen LogP contribution in [0.4, 0.5) is 5.69 Å². The number of aliphatic imine (C=N–C) groups is 1. The van der Waals surface area contributed by atoms with Gasteiger partial charge in [-0.3, -0.25) is 4.79 Å². The zero-order valence-electron chi connectivity index (χ0n) is 15.6. The minimum atomic E-state index is -0.194. The van der Waals surface area contributed by atoms with Gasteiger partial charge in [-0.25, -0.2) is 4.99 Å². The number of methoxy groups -OCH3 is 2. The maximum absolute atomic E-state index is 12.3. The van der Waals surface area contributed by atoms with E-state index in [0.717, 1.165) is 21.5 Å². The van der Waals surface area contributed by atoms with E-state index < -0.39 is 0 Å². The van der Waals surface area contributed by atoms with E-state index in [-0.39, 0.29) is 5.91 Å². The third-order valence-electron chi connectivity index (χ3n) is 3.78. The highest BCUT2D eigenvalue weighted by Crippen LogP contribution is 2.38. The van der Waals surface area contributed by atoms with Crippen LogP contribution in [0.3, 0.4) is 0 Å². The number of hydrogen-bond acceptors (Lipinski definition) is 6. The molecule has 6 nitrogen and oxygen atoms in total.